The van der Waals surface area contributed by atoms with Gasteiger partial charge in [0.15, 0.2) is 0 Å². The van der Waals surface area contributed by atoms with Crippen LogP contribution in [0.15, 0.2) is 12.7 Å². The molecular formula is C19H30O7. The van der Waals surface area contributed by atoms with Crippen molar-refractivity contribution in [3.05, 3.63) is 12.7 Å². The smallest absolute Gasteiger partial charge is 0.481 e. The van der Waals surface area contributed by atoms with Gasteiger partial charge in [0.1, 0.15) is 12.7 Å². The topological polar surface area (TPSA) is 110 Å². The number of carboxylic acids is 2. The van der Waals surface area contributed by atoms with Crippen LogP contribution >= 0.6 is 0 Å². The second kappa shape index (κ2) is 10.8. The molecule has 0 amide bonds. The summed E-state index contributed by atoms with van der Waals surface area (Å²) in [4.78, 5) is 34.5. The van der Waals surface area contributed by atoms with E-state index in [1.165, 1.54) is 6.92 Å². The molecule has 0 radical (unpaired) electrons. The molecule has 0 aliphatic heterocycles. The standard InChI is InChI=1S/C19H30O7/c1-3-8-14(16(20)21)9-7-12-19(2,17(22)23)13-25-18(24)26-15-10-5-4-6-11-15/h3,14-15H,1,4-13H2,2H3,(H,20,21)(H,22,23). The first-order chi connectivity index (χ1) is 12.3. The molecule has 1 rings (SSSR count). The van der Waals surface area contributed by atoms with E-state index in [0.29, 0.717) is 19.3 Å². The molecule has 0 heterocycles. The van der Waals surface area contributed by atoms with Crippen LogP contribution in [-0.4, -0.2) is 41.0 Å². The maximum Gasteiger partial charge on any atom is 0.508 e. The van der Waals surface area contributed by atoms with Crippen LogP contribution in [0.5, 0.6) is 0 Å². The zero-order valence-corrected chi connectivity index (χ0v) is 15.4. The van der Waals surface area contributed by atoms with Gasteiger partial charge in [0, 0.05) is 0 Å². The lowest BCUT2D eigenvalue weighted by atomic mass is 9.84. The third-order valence-electron chi connectivity index (χ3n) is 4.92. The Bertz CT molecular complexity index is 496. The van der Waals surface area contributed by atoms with Gasteiger partial charge in [0.05, 0.1) is 11.3 Å². The van der Waals surface area contributed by atoms with Crippen LogP contribution in [0.2, 0.25) is 0 Å². The van der Waals surface area contributed by atoms with Gasteiger partial charge in [-0.05, 0) is 51.9 Å². The van der Waals surface area contributed by atoms with E-state index in [4.69, 9.17) is 14.6 Å². The predicted molar refractivity (Wildman–Crippen MR) is 94.8 cm³/mol. The third kappa shape index (κ3) is 7.45. The Balaban J connectivity index is 2.46. The summed E-state index contributed by atoms with van der Waals surface area (Å²) in [5, 5.41) is 18.6. The molecule has 1 saturated carbocycles. The normalized spacial score (nSPS) is 18.3. The van der Waals surface area contributed by atoms with Crippen molar-refractivity contribution in [2.75, 3.05) is 6.61 Å². The molecule has 1 aliphatic rings. The summed E-state index contributed by atoms with van der Waals surface area (Å²) < 4.78 is 10.3. The van der Waals surface area contributed by atoms with Gasteiger partial charge in [-0.3, -0.25) is 9.59 Å². The number of hydrogen-bond acceptors (Lipinski definition) is 5. The van der Waals surface area contributed by atoms with Crippen LogP contribution in [0.1, 0.15) is 64.7 Å². The van der Waals surface area contributed by atoms with Gasteiger partial charge in [-0.2, -0.15) is 0 Å². The second-order valence-corrected chi connectivity index (χ2v) is 7.23. The lowest BCUT2D eigenvalue weighted by Gasteiger charge is -2.26. The van der Waals surface area contributed by atoms with Crippen molar-refractivity contribution in [3.63, 3.8) is 0 Å². The first-order valence-corrected chi connectivity index (χ1v) is 9.19. The number of carboxylic acid groups (broad SMARTS) is 2. The van der Waals surface area contributed by atoms with E-state index >= 15 is 0 Å². The largest absolute Gasteiger partial charge is 0.508 e. The van der Waals surface area contributed by atoms with E-state index < -0.39 is 29.4 Å². The van der Waals surface area contributed by atoms with Crippen molar-refractivity contribution in [2.24, 2.45) is 11.3 Å². The number of ether oxygens (including phenoxy) is 2. The van der Waals surface area contributed by atoms with Crippen molar-refractivity contribution in [3.8, 4) is 0 Å². The Hall–Kier alpha value is -2.05. The summed E-state index contributed by atoms with van der Waals surface area (Å²) >= 11 is 0. The highest BCUT2D eigenvalue weighted by atomic mass is 16.7. The fourth-order valence-corrected chi connectivity index (χ4v) is 3.09. The maximum atomic E-state index is 11.8. The number of carbonyl (C=O) groups is 3. The monoisotopic (exact) mass is 370 g/mol. The van der Waals surface area contributed by atoms with Gasteiger partial charge in [0.25, 0.3) is 0 Å². The molecule has 148 valence electrons. The van der Waals surface area contributed by atoms with E-state index in [2.05, 4.69) is 6.58 Å². The summed E-state index contributed by atoms with van der Waals surface area (Å²) in [7, 11) is 0. The van der Waals surface area contributed by atoms with E-state index in [9.17, 15) is 19.5 Å². The zero-order chi connectivity index (χ0) is 19.6. The van der Waals surface area contributed by atoms with Gasteiger partial charge in [-0.1, -0.05) is 18.9 Å². The summed E-state index contributed by atoms with van der Waals surface area (Å²) in [6, 6.07) is 0. The Morgan fingerprint density at radius 3 is 2.42 bits per heavy atom. The molecule has 26 heavy (non-hydrogen) atoms. The minimum Gasteiger partial charge on any atom is -0.481 e. The Kier molecular flexibility index (Phi) is 9.16. The van der Waals surface area contributed by atoms with Crippen molar-refractivity contribution >= 4 is 18.1 Å². The quantitative estimate of drug-likeness (QED) is 0.417. The van der Waals surface area contributed by atoms with Crippen LogP contribution < -0.4 is 0 Å². The van der Waals surface area contributed by atoms with Gasteiger partial charge in [-0.15, -0.1) is 6.58 Å². The number of hydrogen-bond donors (Lipinski definition) is 2. The van der Waals surface area contributed by atoms with Crippen LogP contribution in [-0.2, 0) is 19.1 Å². The van der Waals surface area contributed by atoms with Crippen molar-refractivity contribution < 1.29 is 34.1 Å². The maximum absolute atomic E-state index is 11.8. The van der Waals surface area contributed by atoms with Crippen molar-refractivity contribution in [1.29, 1.82) is 0 Å². The van der Waals surface area contributed by atoms with Gasteiger partial charge >= 0.3 is 18.1 Å². The molecule has 1 fully saturated rings. The van der Waals surface area contributed by atoms with Gasteiger partial charge < -0.3 is 19.7 Å². The third-order valence-corrected chi connectivity index (χ3v) is 4.92. The molecule has 0 aromatic heterocycles. The summed E-state index contributed by atoms with van der Waals surface area (Å²) in [5.74, 6) is -2.59. The van der Waals surface area contributed by atoms with Crippen LogP contribution in [0.3, 0.4) is 0 Å². The molecule has 0 saturated heterocycles. The minimum absolute atomic E-state index is 0.150. The molecule has 0 spiro atoms. The summed E-state index contributed by atoms with van der Waals surface area (Å²) in [5.41, 5.74) is -1.27. The van der Waals surface area contributed by atoms with Crippen LogP contribution in [0.25, 0.3) is 0 Å². The SMILES string of the molecule is C=CCC(CCCC(C)(COC(=O)OC1CCCCC1)C(=O)O)C(=O)O. The average Bonchev–Trinajstić information content (AvgIpc) is 2.60. The molecule has 2 atom stereocenters. The second-order valence-electron chi connectivity index (χ2n) is 7.23. The summed E-state index contributed by atoms with van der Waals surface area (Å²) in [6.07, 6.45) is 6.63. The van der Waals surface area contributed by atoms with Crippen LogP contribution in [0, 0.1) is 11.3 Å². The summed E-state index contributed by atoms with van der Waals surface area (Å²) in [6.45, 7) is 4.73. The molecule has 0 bridgehead atoms. The van der Waals surface area contributed by atoms with Crippen molar-refractivity contribution in [1.82, 2.24) is 0 Å². The molecule has 2 N–H and O–H groups in total. The first kappa shape index (κ1) is 22.0. The Morgan fingerprint density at radius 2 is 1.88 bits per heavy atom. The average molecular weight is 370 g/mol. The predicted octanol–water partition coefficient (Wildman–Crippen LogP) is 4.01. The van der Waals surface area contributed by atoms with E-state index in [1.807, 2.05) is 0 Å². The molecule has 7 heteroatoms. The van der Waals surface area contributed by atoms with E-state index in [0.717, 1.165) is 32.1 Å². The molecule has 0 aromatic carbocycles. The highest BCUT2D eigenvalue weighted by molar-refractivity contribution is 5.75. The van der Waals surface area contributed by atoms with Gasteiger partial charge in [-0.25, -0.2) is 4.79 Å². The Labute approximate surface area is 154 Å². The number of carbonyl (C=O) groups excluding carboxylic acids is 1. The molecular weight excluding hydrogens is 340 g/mol. The highest BCUT2D eigenvalue weighted by Gasteiger charge is 2.35. The molecule has 7 nitrogen and oxygen atoms in total. The van der Waals surface area contributed by atoms with E-state index in [1.54, 1.807) is 6.08 Å². The van der Waals surface area contributed by atoms with Crippen molar-refractivity contribution in [2.45, 2.75) is 70.8 Å². The number of rotatable bonds is 11. The first-order valence-electron chi connectivity index (χ1n) is 9.19. The molecule has 0 aromatic rings. The Morgan fingerprint density at radius 1 is 1.23 bits per heavy atom. The fraction of sp³-hybridized carbons (Fsp3) is 0.737. The zero-order valence-electron chi connectivity index (χ0n) is 15.4. The molecule has 1 aliphatic carbocycles. The number of aliphatic carboxylic acids is 2. The van der Waals surface area contributed by atoms with Gasteiger partial charge in [0.2, 0.25) is 0 Å². The van der Waals surface area contributed by atoms with E-state index in [-0.39, 0.29) is 19.1 Å². The van der Waals surface area contributed by atoms with Crippen LogP contribution in [0.4, 0.5) is 4.79 Å². The lowest BCUT2D eigenvalue weighted by Crippen LogP contribution is -2.35. The number of allylic oxidation sites excluding steroid dienone is 1. The minimum atomic E-state index is -1.27. The lowest BCUT2D eigenvalue weighted by molar-refractivity contribution is -0.151. The highest BCUT2D eigenvalue weighted by Crippen LogP contribution is 2.28. The molecule has 2 unspecified atom stereocenters. The fourth-order valence-electron chi connectivity index (χ4n) is 3.09.